The predicted octanol–water partition coefficient (Wildman–Crippen LogP) is 4.00. The second kappa shape index (κ2) is 8.06. The molecule has 2 aromatic rings. The van der Waals surface area contributed by atoms with Crippen LogP contribution in [0.25, 0.3) is 0 Å². The van der Waals surface area contributed by atoms with E-state index < -0.39 is 5.92 Å². The Morgan fingerprint density at radius 3 is 2.48 bits per heavy atom. The minimum absolute atomic E-state index is 0.100. The molecule has 0 aliphatic carbocycles. The number of carbonyl (C=O) groups is 2. The number of hydrogen-bond donors (Lipinski definition) is 1. The van der Waals surface area contributed by atoms with Gasteiger partial charge in [-0.05, 0) is 18.2 Å². The third kappa shape index (κ3) is 3.96. The molecule has 2 aromatic carbocycles. The van der Waals surface area contributed by atoms with Gasteiger partial charge in [0.05, 0.1) is 41.6 Å². The number of ether oxygens (including phenoxy) is 2. The molecular weight excluding hydrogens is 391 g/mol. The molecule has 2 amide bonds. The first-order chi connectivity index (χ1) is 12.9. The van der Waals surface area contributed by atoms with Crippen molar-refractivity contribution in [3.63, 3.8) is 0 Å². The Kier molecular flexibility index (Phi) is 5.77. The van der Waals surface area contributed by atoms with Crippen molar-refractivity contribution in [2.75, 3.05) is 31.0 Å². The van der Waals surface area contributed by atoms with E-state index >= 15 is 0 Å². The Bertz CT molecular complexity index is 888. The highest BCUT2D eigenvalue weighted by atomic mass is 35.5. The molecule has 0 aromatic heterocycles. The summed E-state index contributed by atoms with van der Waals surface area (Å²) in [4.78, 5) is 26.6. The number of carbonyl (C=O) groups excluding carboxylic acids is 2. The van der Waals surface area contributed by atoms with E-state index in [9.17, 15) is 9.59 Å². The lowest BCUT2D eigenvalue weighted by molar-refractivity contribution is -0.122. The quantitative estimate of drug-likeness (QED) is 0.811. The number of nitrogens with zero attached hydrogens (tertiary/aromatic N) is 1. The number of para-hydroxylation sites is 1. The molecule has 1 aliphatic heterocycles. The van der Waals surface area contributed by atoms with Crippen LogP contribution in [0.5, 0.6) is 11.5 Å². The average Bonchev–Trinajstić information content (AvgIpc) is 3.04. The number of hydrogen-bond acceptors (Lipinski definition) is 4. The predicted molar refractivity (Wildman–Crippen MR) is 105 cm³/mol. The van der Waals surface area contributed by atoms with Gasteiger partial charge < -0.3 is 19.7 Å². The van der Waals surface area contributed by atoms with E-state index in [1.54, 1.807) is 36.4 Å². The number of anilines is 2. The topological polar surface area (TPSA) is 67.9 Å². The molecule has 0 bridgehead atoms. The minimum atomic E-state index is -0.514. The first-order valence-electron chi connectivity index (χ1n) is 8.22. The molecule has 1 fully saturated rings. The molecule has 1 saturated heterocycles. The van der Waals surface area contributed by atoms with Crippen LogP contribution < -0.4 is 19.7 Å². The monoisotopic (exact) mass is 408 g/mol. The molecule has 1 atom stereocenters. The van der Waals surface area contributed by atoms with Crippen LogP contribution in [0.3, 0.4) is 0 Å². The van der Waals surface area contributed by atoms with Crippen molar-refractivity contribution in [2.45, 2.75) is 6.42 Å². The summed E-state index contributed by atoms with van der Waals surface area (Å²) in [7, 11) is 2.98. The Balaban J connectivity index is 1.77. The van der Waals surface area contributed by atoms with E-state index in [1.807, 2.05) is 0 Å². The highest BCUT2D eigenvalue weighted by Gasteiger charge is 2.36. The third-order valence-electron chi connectivity index (χ3n) is 4.37. The summed E-state index contributed by atoms with van der Waals surface area (Å²) in [5, 5.41) is 3.60. The van der Waals surface area contributed by atoms with Crippen LogP contribution in [0.4, 0.5) is 11.4 Å². The maximum absolute atomic E-state index is 12.7. The highest BCUT2D eigenvalue weighted by Crippen LogP contribution is 2.37. The minimum Gasteiger partial charge on any atom is -0.495 e. The number of benzene rings is 2. The molecule has 8 heteroatoms. The van der Waals surface area contributed by atoms with Gasteiger partial charge in [0.15, 0.2) is 0 Å². The summed E-state index contributed by atoms with van der Waals surface area (Å²) in [5.41, 5.74) is 1.02. The molecule has 0 spiro atoms. The van der Waals surface area contributed by atoms with Crippen LogP contribution in [0.15, 0.2) is 36.4 Å². The first kappa shape index (κ1) is 19.3. The maximum Gasteiger partial charge on any atom is 0.229 e. The molecule has 142 valence electrons. The zero-order valence-electron chi connectivity index (χ0n) is 14.8. The van der Waals surface area contributed by atoms with Crippen LogP contribution in [-0.4, -0.2) is 32.6 Å². The van der Waals surface area contributed by atoms with E-state index in [-0.39, 0.29) is 24.8 Å². The van der Waals surface area contributed by atoms with Gasteiger partial charge in [0.2, 0.25) is 11.8 Å². The Morgan fingerprint density at radius 1 is 1.11 bits per heavy atom. The van der Waals surface area contributed by atoms with Gasteiger partial charge in [-0.15, -0.1) is 0 Å². The molecular formula is C19H18Cl2N2O4. The summed E-state index contributed by atoms with van der Waals surface area (Å²) in [6.07, 6.45) is 0.100. The summed E-state index contributed by atoms with van der Waals surface area (Å²) in [6.45, 7) is 0.251. The number of methoxy groups -OCH3 is 2. The fraction of sp³-hybridized carbons (Fsp3) is 0.263. The van der Waals surface area contributed by atoms with Crippen molar-refractivity contribution in [2.24, 2.45) is 5.92 Å². The van der Waals surface area contributed by atoms with Crippen molar-refractivity contribution >= 4 is 46.4 Å². The normalized spacial score (nSPS) is 16.4. The van der Waals surface area contributed by atoms with E-state index in [1.165, 1.54) is 19.1 Å². The van der Waals surface area contributed by atoms with E-state index in [4.69, 9.17) is 32.7 Å². The lowest BCUT2D eigenvalue weighted by Crippen LogP contribution is -2.28. The first-order valence-corrected chi connectivity index (χ1v) is 8.97. The van der Waals surface area contributed by atoms with Crippen molar-refractivity contribution in [1.82, 2.24) is 0 Å². The van der Waals surface area contributed by atoms with Gasteiger partial charge >= 0.3 is 0 Å². The van der Waals surface area contributed by atoms with Crippen LogP contribution in [-0.2, 0) is 9.59 Å². The largest absolute Gasteiger partial charge is 0.495 e. The van der Waals surface area contributed by atoms with Gasteiger partial charge in [0, 0.05) is 19.0 Å². The summed E-state index contributed by atoms with van der Waals surface area (Å²) >= 11 is 12.3. The number of amides is 2. The van der Waals surface area contributed by atoms with Gasteiger partial charge in [-0.25, -0.2) is 0 Å². The van der Waals surface area contributed by atoms with Gasteiger partial charge in [0.25, 0.3) is 0 Å². The lowest BCUT2D eigenvalue weighted by atomic mass is 10.1. The van der Waals surface area contributed by atoms with Crippen molar-refractivity contribution in [3.05, 3.63) is 46.4 Å². The summed E-state index contributed by atoms with van der Waals surface area (Å²) in [6, 6.07) is 10.2. The molecule has 27 heavy (non-hydrogen) atoms. The Hall–Kier alpha value is -2.44. The van der Waals surface area contributed by atoms with E-state index in [0.717, 1.165) is 0 Å². The van der Waals surface area contributed by atoms with Gasteiger partial charge in [0.1, 0.15) is 11.5 Å². The SMILES string of the molecule is COc1cc(OC)c(NC(=O)C2CC(=O)N(c3ccccc3Cl)C2)cc1Cl. The van der Waals surface area contributed by atoms with Crippen molar-refractivity contribution < 1.29 is 19.1 Å². The molecule has 1 unspecified atom stereocenters. The molecule has 1 heterocycles. The molecule has 0 saturated carbocycles. The third-order valence-corrected chi connectivity index (χ3v) is 4.99. The number of nitrogens with one attached hydrogen (secondary N) is 1. The second-order valence-electron chi connectivity index (χ2n) is 6.03. The zero-order valence-corrected chi connectivity index (χ0v) is 16.3. The standard InChI is InChI=1S/C19H18Cl2N2O4/c1-26-16-9-17(27-2)14(8-13(16)21)22-19(25)11-7-18(24)23(10-11)15-6-4-3-5-12(15)20/h3-6,8-9,11H,7,10H2,1-2H3,(H,22,25). The molecule has 1 aliphatic rings. The van der Waals surface area contributed by atoms with Crippen molar-refractivity contribution in [1.29, 1.82) is 0 Å². The van der Waals surface area contributed by atoms with Gasteiger partial charge in [-0.1, -0.05) is 35.3 Å². The number of halogens is 2. The molecule has 0 radical (unpaired) electrons. The number of rotatable bonds is 5. The fourth-order valence-corrected chi connectivity index (χ4v) is 3.46. The van der Waals surface area contributed by atoms with E-state index in [0.29, 0.717) is 32.9 Å². The smallest absolute Gasteiger partial charge is 0.229 e. The Morgan fingerprint density at radius 2 is 1.81 bits per heavy atom. The molecule has 1 N–H and O–H groups in total. The molecule has 3 rings (SSSR count). The summed E-state index contributed by atoms with van der Waals surface area (Å²) < 4.78 is 10.4. The van der Waals surface area contributed by atoms with Crippen LogP contribution in [0.1, 0.15) is 6.42 Å². The highest BCUT2D eigenvalue weighted by molar-refractivity contribution is 6.34. The van der Waals surface area contributed by atoms with Gasteiger partial charge in [-0.2, -0.15) is 0 Å². The van der Waals surface area contributed by atoms with Gasteiger partial charge in [-0.3, -0.25) is 9.59 Å². The zero-order chi connectivity index (χ0) is 19.6. The maximum atomic E-state index is 12.7. The summed E-state index contributed by atoms with van der Waals surface area (Å²) in [5.74, 6) is -0.107. The molecule has 6 nitrogen and oxygen atoms in total. The Labute approximate surface area is 167 Å². The van der Waals surface area contributed by atoms with E-state index in [2.05, 4.69) is 5.32 Å². The van der Waals surface area contributed by atoms with Crippen LogP contribution in [0, 0.1) is 5.92 Å². The average molecular weight is 409 g/mol. The fourth-order valence-electron chi connectivity index (χ4n) is 2.98. The second-order valence-corrected chi connectivity index (χ2v) is 6.85. The lowest BCUT2D eigenvalue weighted by Gasteiger charge is -2.18. The van der Waals surface area contributed by atoms with Crippen molar-refractivity contribution in [3.8, 4) is 11.5 Å². The van der Waals surface area contributed by atoms with Crippen LogP contribution >= 0.6 is 23.2 Å². The van der Waals surface area contributed by atoms with Crippen LogP contribution in [0.2, 0.25) is 10.0 Å².